The first kappa shape index (κ1) is 17.5. The van der Waals surface area contributed by atoms with Gasteiger partial charge in [0.05, 0.1) is 29.8 Å². The van der Waals surface area contributed by atoms with Crippen molar-refractivity contribution in [1.82, 2.24) is 10.3 Å². The van der Waals surface area contributed by atoms with Crippen LogP contribution in [-0.2, 0) is 4.74 Å². The Bertz CT molecular complexity index is 743. The van der Waals surface area contributed by atoms with E-state index < -0.39 is 4.92 Å². The Morgan fingerprint density at radius 1 is 1.40 bits per heavy atom. The Morgan fingerprint density at radius 3 is 3.08 bits per heavy atom. The summed E-state index contributed by atoms with van der Waals surface area (Å²) in [5.74, 6) is 0.821. The molecule has 25 heavy (non-hydrogen) atoms. The molecule has 1 aliphatic rings. The van der Waals surface area contributed by atoms with E-state index in [2.05, 4.69) is 15.2 Å². The summed E-state index contributed by atoms with van der Waals surface area (Å²) in [6.07, 6.45) is 0.410. The number of anilines is 1. The van der Waals surface area contributed by atoms with E-state index in [0.29, 0.717) is 19.6 Å². The van der Waals surface area contributed by atoms with Crippen molar-refractivity contribution in [3.8, 4) is 0 Å². The number of nitrogens with zero attached hydrogens (tertiary/aromatic N) is 3. The molecule has 1 N–H and O–H groups in total. The highest BCUT2D eigenvalue weighted by atomic mass is 18.2. The maximum absolute atomic E-state index is 12.2. The van der Waals surface area contributed by atoms with Crippen molar-refractivity contribution in [3.05, 3.63) is 40.4 Å². The zero-order chi connectivity index (χ0) is 17.6. The van der Waals surface area contributed by atoms with Gasteiger partial charge in [-0.1, -0.05) is 0 Å². The molecule has 0 saturated carbocycles. The van der Waals surface area contributed by atoms with Gasteiger partial charge in [-0.25, -0.2) is 4.98 Å². The molecule has 1 aliphatic heterocycles. The zero-order valence-electron chi connectivity index (χ0n) is 13.9. The van der Waals surface area contributed by atoms with Gasteiger partial charge in [0, 0.05) is 43.8 Å². The predicted molar refractivity (Wildman–Crippen MR) is 93.8 cm³/mol. The summed E-state index contributed by atoms with van der Waals surface area (Å²) in [6.45, 7) is 2.97. The van der Waals surface area contributed by atoms with Crippen LogP contribution in [0.25, 0.3) is 10.9 Å². The van der Waals surface area contributed by atoms with Crippen LogP contribution in [0.4, 0.5) is 15.9 Å². The van der Waals surface area contributed by atoms with Gasteiger partial charge in [-0.3, -0.25) is 14.5 Å². The second kappa shape index (κ2) is 8.17. The molecule has 0 aliphatic carbocycles. The van der Waals surface area contributed by atoms with Gasteiger partial charge in [0.2, 0.25) is 0 Å². The van der Waals surface area contributed by atoms with Gasteiger partial charge in [0.1, 0.15) is 5.82 Å². The number of piperazine rings is 1. The second-order valence-electron chi connectivity index (χ2n) is 5.97. The number of nitrogens with one attached hydrogen (secondary N) is 1. The van der Waals surface area contributed by atoms with E-state index in [1.807, 2.05) is 12.1 Å². The fourth-order valence-corrected chi connectivity index (χ4v) is 2.96. The molecule has 1 saturated heterocycles. The Kier molecular flexibility index (Phi) is 5.72. The third-order valence-corrected chi connectivity index (χ3v) is 4.25. The van der Waals surface area contributed by atoms with Gasteiger partial charge >= 0.3 is 0 Å². The van der Waals surface area contributed by atoms with Crippen LogP contribution < -0.4 is 10.2 Å². The lowest BCUT2D eigenvalue weighted by molar-refractivity contribution is -0.384. The van der Waals surface area contributed by atoms with Crippen LogP contribution in [0.3, 0.4) is 0 Å². The number of halogens is 1. The molecule has 0 spiro atoms. The van der Waals surface area contributed by atoms with Crippen LogP contribution in [-0.4, -0.2) is 55.5 Å². The van der Waals surface area contributed by atoms with Gasteiger partial charge in [0.25, 0.3) is 5.69 Å². The number of pyridine rings is 1. The molecule has 0 amide bonds. The topological polar surface area (TPSA) is 80.5 Å². The summed E-state index contributed by atoms with van der Waals surface area (Å²) in [7, 11) is 0. The molecule has 0 radical (unpaired) electrons. The summed E-state index contributed by atoms with van der Waals surface area (Å²) < 4.78 is 17.7. The van der Waals surface area contributed by atoms with Gasteiger partial charge in [-0.05, 0) is 24.6 Å². The van der Waals surface area contributed by atoms with Crippen LogP contribution in [0.5, 0.6) is 0 Å². The second-order valence-corrected chi connectivity index (χ2v) is 5.97. The lowest BCUT2D eigenvalue weighted by Crippen LogP contribution is -2.53. The highest BCUT2D eigenvalue weighted by Crippen LogP contribution is 2.24. The van der Waals surface area contributed by atoms with Crippen molar-refractivity contribution < 1.29 is 14.1 Å². The van der Waals surface area contributed by atoms with Gasteiger partial charge in [0.15, 0.2) is 0 Å². The molecule has 7 nitrogen and oxygen atoms in total. The van der Waals surface area contributed by atoms with E-state index >= 15 is 0 Å². The monoisotopic (exact) mass is 347 g/mol. The molecule has 0 bridgehead atoms. The number of rotatable bonds is 7. The Labute approximate surface area is 144 Å². The molecule has 3 rings (SSSR count). The van der Waals surface area contributed by atoms with Crippen molar-refractivity contribution in [2.45, 2.75) is 12.5 Å². The number of nitro benzene ring substituents is 1. The fourth-order valence-electron chi connectivity index (χ4n) is 2.96. The third kappa shape index (κ3) is 4.21. The molecular weight excluding hydrogens is 326 g/mol. The van der Waals surface area contributed by atoms with Crippen LogP contribution in [0.2, 0.25) is 0 Å². The highest BCUT2D eigenvalue weighted by molar-refractivity contribution is 5.82. The van der Waals surface area contributed by atoms with E-state index in [1.165, 1.54) is 12.1 Å². The lowest BCUT2D eigenvalue weighted by atomic mass is 10.1. The number of ether oxygens (including phenoxy) is 1. The smallest absolute Gasteiger partial charge is 0.270 e. The summed E-state index contributed by atoms with van der Waals surface area (Å²) in [5.41, 5.74) is 0.780. The van der Waals surface area contributed by atoms with Crippen LogP contribution in [0.1, 0.15) is 6.42 Å². The maximum Gasteiger partial charge on any atom is 0.270 e. The van der Waals surface area contributed by atoms with Crippen LogP contribution >= 0.6 is 0 Å². The van der Waals surface area contributed by atoms with Gasteiger partial charge < -0.3 is 15.0 Å². The minimum atomic E-state index is -0.408. The van der Waals surface area contributed by atoms with Crippen molar-refractivity contribution in [1.29, 1.82) is 0 Å². The number of nitro groups is 1. The summed E-state index contributed by atoms with van der Waals surface area (Å²) >= 11 is 0. The third-order valence-electron chi connectivity index (χ3n) is 4.25. The normalized spacial score (nSPS) is 17.8. The van der Waals surface area contributed by atoms with E-state index in [4.69, 9.17) is 4.74 Å². The molecule has 2 aromatic rings. The number of alkyl halides is 1. The minimum Gasteiger partial charge on any atom is -0.379 e. The first-order valence-electron chi connectivity index (χ1n) is 8.35. The molecule has 8 heteroatoms. The summed E-state index contributed by atoms with van der Waals surface area (Å²) in [4.78, 5) is 17.3. The summed E-state index contributed by atoms with van der Waals surface area (Å²) in [5, 5.41) is 15.0. The van der Waals surface area contributed by atoms with E-state index in [9.17, 15) is 14.5 Å². The van der Waals surface area contributed by atoms with Crippen molar-refractivity contribution in [2.24, 2.45) is 0 Å². The number of benzene rings is 1. The van der Waals surface area contributed by atoms with E-state index in [1.54, 1.807) is 6.07 Å². The Balaban J connectivity index is 1.78. The largest absolute Gasteiger partial charge is 0.379 e. The first-order chi connectivity index (χ1) is 12.2. The maximum atomic E-state index is 12.2. The van der Waals surface area contributed by atoms with E-state index in [-0.39, 0.29) is 18.4 Å². The minimum absolute atomic E-state index is 0.0587. The standard InChI is InChI=1S/C17H21FN4O3/c18-6-1-9-25-12-15-11-19-7-8-21(15)17-5-2-13-10-14(22(23)24)3-4-16(13)20-17/h2-5,10,15,19H,1,6-9,11-12H2/i18-1. The molecule has 1 aromatic heterocycles. The SMILES string of the molecule is O=[N+]([O-])c1ccc2nc(N3CCNCC3COCCC[18F])ccc2c1. The average molecular weight is 347 g/mol. The van der Waals surface area contributed by atoms with Crippen molar-refractivity contribution in [2.75, 3.05) is 44.4 Å². The molecule has 1 atom stereocenters. The molecule has 2 heterocycles. The average Bonchev–Trinajstić information content (AvgIpc) is 2.64. The predicted octanol–water partition coefficient (Wildman–Crippen LogP) is 2.30. The summed E-state index contributed by atoms with van der Waals surface area (Å²) in [6, 6.07) is 8.53. The van der Waals surface area contributed by atoms with Gasteiger partial charge in [-0.2, -0.15) is 0 Å². The first-order valence-corrected chi connectivity index (χ1v) is 8.35. The Hall–Kier alpha value is -2.32. The van der Waals surface area contributed by atoms with E-state index in [0.717, 1.165) is 36.4 Å². The molecule has 134 valence electrons. The van der Waals surface area contributed by atoms with Crippen molar-refractivity contribution >= 4 is 22.4 Å². The van der Waals surface area contributed by atoms with Crippen LogP contribution in [0.15, 0.2) is 30.3 Å². The molecule has 1 aromatic carbocycles. The number of aromatic nitrogens is 1. The number of hydrogen-bond acceptors (Lipinski definition) is 6. The molecular formula is C17H21FN4O3. The Morgan fingerprint density at radius 2 is 2.28 bits per heavy atom. The van der Waals surface area contributed by atoms with Crippen LogP contribution in [0, 0.1) is 10.1 Å². The lowest BCUT2D eigenvalue weighted by Gasteiger charge is -2.37. The number of hydrogen-bond donors (Lipinski definition) is 1. The fraction of sp³-hybridized carbons (Fsp3) is 0.471. The zero-order valence-corrected chi connectivity index (χ0v) is 13.9. The quantitative estimate of drug-likeness (QED) is 0.470. The van der Waals surface area contributed by atoms with Gasteiger partial charge in [-0.15, -0.1) is 0 Å². The molecule has 1 unspecified atom stereocenters. The number of fused-ring (bicyclic) bond motifs is 1. The molecule has 1 fully saturated rings. The number of non-ortho nitro benzene ring substituents is 1. The highest BCUT2D eigenvalue weighted by Gasteiger charge is 2.23. The van der Waals surface area contributed by atoms with Crippen molar-refractivity contribution in [3.63, 3.8) is 0 Å².